The molecule has 0 spiro atoms. The van der Waals surface area contributed by atoms with Gasteiger partial charge in [-0.2, -0.15) is 5.10 Å². The summed E-state index contributed by atoms with van der Waals surface area (Å²) in [5.74, 6) is -1.55. The minimum absolute atomic E-state index is 0.150. The van der Waals surface area contributed by atoms with Gasteiger partial charge in [0.15, 0.2) is 5.54 Å². The molecule has 1 amide bonds. The van der Waals surface area contributed by atoms with E-state index in [-0.39, 0.29) is 17.4 Å². The van der Waals surface area contributed by atoms with E-state index in [9.17, 15) is 14.7 Å². The molecule has 0 aliphatic rings. The van der Waals surface area contributed by atoms with Crippen molar-refractivity contribution in [3.05, 3.63) is 50.8 Å². The van der Waals surface area contributed by atoms with Crippen LogP contribution in [-0.2, 0) is 28.6 Å². The predicted octanol–water partition coefficient (Wildman–Crippen LogP) is 3.39. The number of benzene rings is 1. The fourth-order valence-electron chi connectivity index (χ4n) is 2.82. The maximum atomic E-state index is 12.4. The van der Waals surface area contributed by atoms with Crippen molar-refractivity contribution < 1.29 is 14.7 Å². The van der Waals surface area contributed by atoms with Gasteiger partial charge in [-0.25, -0.2) is 4.79 Å². The Hall–Kier alpha value is -2.05. The zero-order valence-electron chi connectivity index (χ0n) is 15.1. The zero-order valence-corrected chi connectivity index (χ0v) is 16.6. The van der Waals surface area contributed by atoms with Crippen molar-refractivity contribution in [1.82, 2.24) is 15.1 Å². The van der Waals surface area contributed by atoms with Gasteiger partial charge in [0.1, 0.15) is 0 Å². The van der Waals surface area contributed by atoms with Crippen molar-refractivity contribution in [3.63, 3.8) is 0 Å². The molecule has 8 heteroatoms. The largest absolute Gasteiger partial charge is 0.479 e. The molecule has 1 heterocycles. The van der Waals surface area contributed by atoms with Gasteiger partial charge in [-0.05, 0) is 50.5 Å². The summed E-state index contributed by atoms with van der Waals surface area (Å²) in [5.41, 5.74) is 1.59. The number of aryl methyl sites for hydroxylation is 2. The number of carboxylic acid groups (broad SMARTS) is 1. The molecule has 6 nitrogen and oxygen atoms in total. The van der Waals surface area contributed by atoms with Gasteiger partial charge >= 0.3 is 5.97 Å². The van der Waals surface area contributed by atoms with Gasteiger partial charge in [0.25, 0.3) is 0 Å². The molecule has 0 saturated heterocycles. The van der Waals surface area contributed by atoms with Crippen LogP contribution in [-0.4, -0.2) is 26.8 Å². The van der Waals surface area contributed by atoms with Crippen molar-refractivity contribution in [2.75, 3.05) is 0 Å². The molecule has 0 saturated carbocycles. The second-order valence-electron chi connectivity index (χ2n) is 6.38. The van der Waals surface area contributed by atoms with E-state index >= 15 is 0 Å². The fourth-order valence-corrected chi connectivity index (χ4v) is 3.11. The first-order valence-electron chi connectivity index (χ1n) is 8.05. The molecular formula is C18H21Cl2N3O3. The number of carbonyl (C=O) groups is 2. The SMILES string of the molecule is Cc1nn(C)c(C)c1CCC(=O)NC(C)(C(=O)O)c1ccc(Cl)c(Cl)c1. The van der Waals surface area contributed by atoms with Crippen LogP contribution in [0.4, 0.5) is 0 Å². The van der Waals surface area contributed by atoms with Crippen LogP contribution in [0.25, 0.3) is 0 Å². The number of aliphatic carboxylic acids is 1. The minimum Gasteiger partial charge on any atom is -0.479 e. The summed E-state index contributed by atoms with van der Waals surface area (Å²) in [6.07, 6.45) is 0.631. The highest BCUT2D eigenvalue weighted by atomic mass is 35.5. The average molecular weight is 398 g/mol. The number of rotatable bonds is 6. The number of carboxylic acids is 1. The number of halogens is 2. The lowest BCUT2D eigenvalue weighted by Crippen LogP contribution is -2.49. The van der Waals surface area contributed by atoms with Crippen molar-refractivity contribution in [1.29, 1.82) is 0 Å². The van der Waals surface area contributed by atoms with E-state index in [4.69, 9.17) is 23.2 Å². The van der Waals surface area contributed by atoms with Gasteiger partial charge in [-0.1, -0.05) is 29.3 Å². The van der Waals surface area contributed by atoms with Crippen molar-refractivity contribution in [2.24, 2.45) is 7.05 Å². The van der Waals surface area contributed by atoms with E-state index in [1.165, 1.54) is 25.1 Å². The Morgan fingerprint density at radius 1 is 1.27 bits per heavy atom. The molecule has 0 aliphatic heterocycles. The Morgan fingerprint density at radius 2 is 1.92 bits per heavy atom. The zero-order chi connectivity index (χ0) is 19.6. The van der Waals surface area contributed by atoms with E-state index < -0.39 is 11.5 Å². The number of hydrogen-bond donors (Lipinski definition) is 2. The fraction of sp³-hybridized carbons (Fsp3) is 0.389. The molecule has 0 aliphatic carbocycles. The molecule has 26 heavy (non-hydrogen) atoms. The summed E-state index contributed by atoms with van der Waals surface area (Å²) in [5, 5.41) is 17.1. The van der Waals surface area contributed by atoms with E-state index in [1.54, 1.807) is 4.68 Å². The normalized spacial score (nSPS) is 13.3. The molecule has 0 fully saturated rings. The first kappa shape index (κ1) is 20.3. The third kappa shape index (κ3) is 4.02. The molecular weight excluding hydrogens is 377 g/mol. The molecule has 2 rings (SSSR count). The molecule has 1 unspecified atom stereocenters. The summed E-state index contributed by atoms with van der Waals surface area (Å²) in [4.78, 5) is 24.3. The average Bonchev–Trinajstić information content (AvgIpc) is 2.80. The van der Waals surface area contributed by atoms with Crippen molar-refractivity contribution in [2.45, 2.75) is 39.2 Å². The van der Waals surface area contributed by atoms with Crippen LogP contribution in [0.1, 0.15) is 35.9 Å². The van der Waals surface area contributed by atoms with Crippen molar-refractivity contribution >= 4 is 35.1 Å². The predicted molar refractivity (Wildman–Crippen MR) is 101 cm³/mol. The molecule has 1 aromatic heterocycles. The Labute approximate surface area is 162 Å². The Bertz CT molecular complexity index is 864. The molecule has 2 N–H and O–H groups in total. The van der Waals surface area contributed by atoms with Crippen molar-refractivity contribution in [3.8, 4) is 0 Å². The highest BCUT2D eigenvalue weighted by Gasteiger charge is 2.37. The van der Waals surface area contributed by atoms with E-state index in [0.717, 1.165) is 17.0 Å². The smallest absolute Gasteiger partial charge is 0.333 e. The van der Waals surface area contributed by atoms with Crippen LogP contribution < -0.4 is 5.32 Å². The van der Waals surface area contributed by atoms with Crippen LogP contribution in [0.15, 0.2) is 18.2 Å². The highest BCUT2D eigenvalue weighted by Crippen LogP contribution is 2.29. The molecule has 1 atom stereocenters. The molecule has 0 bridgehead atoms. The molecule has 2 aromatic rings. The van der Waals surface area contributed by atoms with Crippen LogP contribution in [0.3, 0.4) is 0 Å². The monoisotopic (exact) mass is 397 g/mol. The minimum atomic E-state index is -1.61. The summed E-state index contributed by atoms with van der Waals surface area (Å²) in [7, 11) is 1.84. The lowest BCUT2D eigenvalue weighted by molar-refractivity contribution is -0.147. The highest BCUT2D eigenvalue weighted by molar-refractivity contribution is 6.42. The van der Waals surface area contributed by atoms with Gasteiger partial charge in [-0.15, -0.1) is 0 Å². The molecule has 0 radical (unpaired) electrons. The number of nitrogens with zero attached hydrogens (tertiary/aromatic N) is 2. The summed E-state index contributed by atoms with van der Waals surface area (Å²) < 4.78 is 1.76. The first-order valence-corrected chi connectivity index (χ1v) is 8.81. The number of aromatic nitrogens is 2. The molecule has 140 valence electrons. The maximum Gasteiger partial charge on any atom is 0.333 e. The topological polar surface area (TPSA) is 84.2 Å². The summed E-state index contributed by atoms with van der Waals surface area (Å²) in [6, 6.07) is 4.50. The number of nitrogens with one attached hydrogen (secondary N) is 1. The van der Waals surface area contributed by atoms with E-state index in [1.807, 2.05) is 20.9 Å². The van der Waals surface area contributed by atoms with E-state index in [2.05, 4.69) is 10.4 Å². The van der Waals surface area contributed by atoms with Gasteiger partial charge in [-0.3, -0.25) is 9.48 Å². The Morgan fingerprint density at radius 3 is 2.42 bits per heavy atom. The number of hydrogen-bond acceptors (Lipinski definition) is 3. The van der Waals surface area contributed by atoms with Crippen LogP contribution in [0.5, 0.6) is 0 Å². The third-order valence-electron chi connectivity index (χ3n) is 4.58. The second-order valence-corrected chi connectivity index (χ2v) is 7.19. The van der Waals surface area contributed by atoms with Gasteiger partial charge in [0.05, 0.1) is 15.7 Å². The summed E-state index contributed by atoms with van der Waals surface area (Å²) >= 11 is 11.9. The van der Waals surface area contributed by atoms with Crippen LogP contribution >= 0.6 is 23.2 Å². The summed E-state index contributed by atoms with van der Waals surface area (Å²) in [6.45, 7) is 5.25. The lowest BCUT2D eigenvalue weighted by Gasteiger charge is -2.27. The van der Waals surface area contributed by atoms with Crippen LogP contribution in [0, 0.1) is 13.8 Å². The lowest BCUT2D eigenvalue weighted by atomic mass is 9.91. The third-order valence-corrected chi connectivity index (χ3v) is 5.31. The Balaban J connectivity index is 2.17. The van der Waals surface area contributed by atoms with E-state index in [0.29, 0.717) is 17.0 Å². The van der Waals surface area contributed by atoms with Gasteiger partial charge in [0.2, 0.25) is 5.91 Å². The van der Waals surface area contributed by atoms with Crippen LogP contribution in [0.2, 0.25) is 10.0 Å². The quantitative estimate of drug-likeness (QED) is 0.781. The number of carbonyl (C=O) groups excluding carboxylic acids is 1. The maximum absolute atomic E-state index is 12.4. The second kappa shape index (κ2) is 7.68. The van der Waals surface area contributed by atoms with Gasteiger partial charge in [0, 0.05) is 19.2 Å². The Kier molecular flexibility index (Phi) is 5.98. The number of amides is 1. The van der Waals surface area contributed by atoms with Gasteiger partial charge < -0.3 is 10.4 Å². The standard InChI is InChI=1S/C18H21Cl2N3O3/c1-10-13(11(2)23(4)22-10)6-8-16(24)21-18(3,17(25)26)12-5-7-14(19)15(20)9-12/h5,7,9H,6,8H2,1-4H3,(H,21,24)(H,25,26). The first-order chi connectivity index (χ1) is 12.1. The molecule has 1 aromatic carbocycles.